The molecule has 0 atom stereocenters. The number of hydrogen-bond acceptors (Lipinski definition) is 3. The SMILES string of the molecule is c1ccc(-c2nc(-c3ccc(-n4c5ccccc5c5cc6ccccc6c(-n6c7ccccc7c7ccccc76)c54)cc3)nc(-c3ccc4c(ccc5ccccc54)c3)n2)cc1. The van der Waals surface area contributed by atoms with Crippen molar-refractivity contribution in [2.24, 2.45) is 0 Å². The maximum atomic E-state index is 5.17. The van der Waals surface area contributed by atoms with E-state index in [2.05, 4.69) is 203 Å². The van der Waals surface area contributed by atoms with Crippen molar-refractivity contribution in [3.05, 3.63) is 212 Å². The highest BCUT2D eigenvalue weighted by molar-refractivity contribution is 6.20. The molecule has 288 valence electrons. The average Bonchev–Trinajstić information content (AvgIpc) is 3.86. The summed E-state index contributed by atoms with van der Waals surface area (Å²) in [5, 5.41) is 12.1. The van der Waals surface area contributed by atoms with E-state index in [0.717, 1.165) is 44.5 Å². The molecule has 0 saturated heterocycles. The summed E-state index contributed by atoms with van der Waals surface area (Å²) in [4.78, 5) is 15.3. The molecule has 0 aliphatic carbocycles. The molecule has 0 spiro atoms. The van der Waals surface area contributed by atoms with E-state index in [-0.39, 0.29) is 0 Å². The molecule has 0 amide bonds. The highest BCUT2D eigenvalue weighted by Crippen LogP contribution is 2.43. The fraction of sp³-hybridized carbons (Fsp3) is 0. The first-order valence-electron chi connectivity index (χ1n) is 21.0. The molecular weight excluding hydrogens is 755 g/mol. The van der Waals surface area contributed by atoms with Gasteiger partial charge in [-0.2, -0.15) is 0 Å². The monoisotopic (exact) mass is 789 g/mol. The van der Waals surface area contributed by atoms with Crippen molar-refractivity contribution in [2.75, 3.05) is 0 Å². The van der Waals surface area contributed by atoms with Crippen LogP contribution in [0.3, 0.4) is 0 Å². The Labute approximate surface area is 356 Å². The van der Waals surface area contributed by atoms with Gasteiger partial charge in [0.2, 0.25) is 0 Å². The quantitative estimate of drug-likeness (QED) is 0.163. The Kier molecular flexibility index (Phi) is 7.54. The van der Waals surface area contributed by atoms with Gasteiger partial charge in [-0.25, -0.2) is 15.0 Å². The molecule has 5 heteroatoms. The molecule has 10 aromatic carbocycles. The third-order valence-corrected chi connectivity index (χ3v) is 12.5. The Morgan fingerprint density at radius 1 is 0.274 bits per heavy atom. The van der Waals surface area contributed by atoms with Gasteiger partial charge in [0.05, 0.1) is 27.8 Å². The topological polar surface area (TPSA) is 48.5 Å². The van der Waals surface area contributed by atoms with Crippen molar-refractivity contribution in [2.45, 2.75) is 0 Å². The van der Waals surface area contributed by atoms with Crippen LogP contribution in [-0.4, -0.2) is 24.1 Å². The zero-order valence-electron chi connectivity index (χ0n) is 33.4. The van der Waals surface area contributed by atoms with Gasteiger partial charge in [-0.15, -0.1) is 0 Å². The Bertz CT molecular complexity index is 3860. The van der Waals surface area contributed by atoms with Crippen LogP contribution >= 0.6 is 0 Å². The molecule has 3 heterocycles. The zero-order chi connectivity index (χ0) is 40.7. The van der Waals surface area contributed by atoms with Crippen LogP contribution < -0.4 is 0 Å². The smallest absolute Gasteiger partial charge is 0.164 e. The van der Waals surface area contributed by atoms with E-state index in [1.165, 1.54) is 59.5 Å². The molecule has 0 radical (unpaired) electrons. The molecule has 0 bridgehead atoms. The van der Waals surface area contributed by atoms with Crippen LogP contribution in [0.1, 0.15) is 0 Å². The van der Waals surface area contributed by atoms with E-state index < -0.39 is 0 Å². The summed E-state index contributed by atoms with van der Waals surface area (Å²) < 4.78 is 4.92. The molecule has 0 aliphatic heterocycles. The van der Waals surface area contributed by atoms with Crippen molar-refractivity contribution in [1.82, 2.24) is 24.1 Å². The minimum atomic E-state index is 0.623. The number of hydrogen-bond donors (Lipinski definition) is 0. The van der Waals surface area contributed by atoms with Crippen LogP contribution in [0.5, 0.6) is 0 Å². The van der Waals surface area contributed by atoms with Gasteiger partial charge in [0.1, 0.15) is 0 Å². The summed E-state index contributed by atoms with van der Waals surface area (Å²) in [5.74, 6) is 1.90. The van der Waals surface area contributed by atoms with Crippen LogP contribution in [0.2, 0.25) is 0 Å². The second-order valence-electron chi connectivity index (χ2n) is 16.0. The predicted octanol–water partition coefficient (Wildman–Crippen LogP) is 14.5. The lowest BCUT2D eigenvalue weighted by molar-refractivity contribution is 1.07. The Hall–Kier alpha value is -8.41. The Morgan fingerprint density at radius 3 is 1.40 bits per heavy atom. The van der Waals surface area contributed by atoms with Crippen LogP contribution in [-0.2, 0) is 0 Å². The maximum Gasteiger partial charge on any atom is 0.164 e. The van der Waals surface area contributed by atoms with Gasteiger partial charge >= 0.3 is 0 Å². The van der Waals surface area contributed by atoms with Gasteiger partial charge in [0.25, 0.3) is 0 Å². The summed E-state index contributed by atoms with van der Waals surface area (Å²) in [5.41, 5.74) is 9.67. The molecule has 13 rings (SSSR count). The van der Waals surface area contributed by atoms with Gasteiger partial charge in [-0.05, 0) is 81.5 Å². The van der Waals surface area contributed by atoms with Crippen molar-refractivity contribution in [1.29, 1.82) is 0 Å². The van der Waals surface area contributed by atoms with Crippen molar-refractivity contribution in [3.8, 4) is 45.5 Å². The summed E-state index contributed by atoms with van der Waals surface area (Å²) in [6.45, 7) is 0. The molecule has 62 heavy (non-hydrogen) atoms. The van der Waals surface area contributed by atoms with Gasteiger partial charge in [-0.3, -0.25) is 0 Å². The summed E-state index contributed by atoms with van der Waals surface area (Å²) >= 11 is 0. The molecule has 5 nitrogen and oxygen atoms in total. The molecule has 0 N–H and O–H groups in total. The van der Waals surface area contributed by atoms with E-state index >= 15 is 0 Å². The Morgan fingerprint density at radius 2 is 0.726 bits per heavy atom. The molecule has 0 saturated carbocycles. The predicted molar refractivity (Wildman–Crippen MR) is 257 cm³/mol. The first-order chi connectivity index (χ1) is 30.7. The number of aromatic nitrogens is 5. The third-order valence-electron chi connectivity index (χ3n) is 12.5. The Balaban J connectivity index is 1.02. The highest BCUT2D eigenvalue weighted by Gasteiger charge is 2.23. The van der Waals surface area contributed by atoms with Gasteiger partial charge in [-0.1, -0.05) is 158 Å². The van der Waals surface area contributed by atoms with E-state index in [1.807, 2.05) is 18.2 Å². The first kappa shape index (κ1) is 34.5. The largest absolute Gasteiger partial charge is 0.307 e. The second kappa shape index (κ2) is 13.6. The highest BCUT2D eigenvalue weighted by atomic mass is 15.1. The maximum absolute atomic E-state index is 5.17. The minimum Gasteiger partial charge on any atom is -0.307 e. The molecule has 0 aliphatic rings. The molecular formula is C57H35N5. The molecule has 3 aromatic heterocycles. The fourth-order valence-electron chi connectivity index (χ4n) is 9.69. The summed E-state index contributed by atoms with van der Waals surface area (Å²) in [6.07, 6.45) is 0. The van der Waals surface area contributed by atoms with Gasteiger partial charge in [0.15, 0.2) is 17.5 Å². The van der Waals surface area contributed by atoms with E-state index in [0.29, 0.717) is 17.5 Å². The lowest BCUT2D eigenvalue weighted by Gasteiger charge is -2.17. The fourth-order valence-corrected chi connectivity index (χ4v) is 9.69. The summed E-state index contributed by atoms with van der Waals surface area (Å²) in [6, 6.07) is 75.8. The van der Waals surface area contributed by atoms with Crippen molar-refractivity contribution >= 4 is 75.9 Å². The van der Waals surface area contributed by atoms with E-state index in [1.54, 1.807) is 0 Å². The molecule has 0 unspecified atom stereocenters. The number of para-hydroxylation sites is 3. The standard InChI is InChI=1S/C57H35N5/c1-2-15-37(16-3-1)55-58-56(60-57(59-55)41-30-33-44-40(34-41)27-26-36-14-4-6-18-43(36)44)38-28-31-42(32-29-38)61-50-23-11-10-22-48(50)49-35-39-17-5-7-19-45(39)53(54(49)61)62-51-24-12-8-20-46(51)47-21-9-13-25-52(47)62/h1-35H. The summed E-state index contributed by atoms with van der Waals surface area (Å²) in [7, 11) is 0. The third kappa shape index (κ3) is 5.25. The van der Waals surface area contributed by atoms with E-state index in [4.69, 9.17) is 15.0 Å². The zero-order valence-corrected chi connectivity index (χ0v) is 33.4. The lowest BCUT2D eigenvalue weighted by atomic mass is 10.00. The van der Waals surface area contributed by atoms with Crippen LogP contribution in [0.25, 0.3) is 121 Å². The number of rotatable bonds is 5. The molecule has 13 aromatic rings. The number of fused-ring (bicyclic) bond motifs is 10. The van der Waals surface area contributed by atoms with Crippen molar-refractivity contribution < 1.29 is 0 Å². The van der Waals surface area contributed by atoms with Gasteiger partial charge < -0.3 is 9.13 Å². The van der Waals surface area contributed by atoms with Crippen LogP contribution in [0, 0.1) is 0 Å². The molecule has 0 fully saturated rings. The van der Waals surface area contributed by atoms with Crippen molar-refractivity contribution in [3.63, 3.8) is 0 Å². The van der Waals surface area contributed by atoms with Crippen LogP contribution in [0.15, 0.2) is 212 Å². The number of nitrogens with zero attached hydrogens (tertiary/aromatic N) is 5. The van der Waals surface area contributed by atoms with E-state index in [9.17, 15) is 0 Å². The normalized spacial score (nSPS) is 11.9. The number of benzene rings is 10. The van der Waals surface area contributed by atoms with Gasteiger partial charge in [0, 0.05) is 49.3 Å². The second-order valence-corrected chi connectivity index (χ2v) is 16.0. The average molecular weight is 790 g/mol. The first-order valence-corrected chi connectivity index (χ1v) is 21.0. The lowest BCUT2D eigenvalue weighted by Crippen LogP contribution is -2.02. The minimum absolute atomic E-state index is 0.623. The van der Waals surface area contributed by atoms with Crippen LogP contribution in [0.4, 0.5) is 0 Å².